The first kappa shape index (κ1) is 17.9. The molecule has 0 aliphatic heterocycles. The fraction of sp³-hybridized carbons (Fsp3) is 0.500. The average Bonchev–Trinajstić information content (AvgIpc) is 2.31. The normalized spacial score (nSPS) is 14.3. The fourth-order valence-corrected chi connectivity index (χ4v) is 1.61. The van der Waals surface area contributed by atoms with Gasteiger partial charge in [-0.1, -0.05) is 12.7 Å². The van der Waals surface area contributed by atoms with E-state index in [0.29, 0.717) is 0 Å². The maximum atomic E-state index is 11.2. The molecule has 0 bridgehead atoms. The van der Waals surface area contributed by atoms with E-state index in [1.54, 1.807) is 0 Å². The van der Waals surface area contributed by atoms with Crippen LogP contribution in [0, 0.1) is 0 Å². The van der Waals surface area contributed by atoms with Gasteiger partial charge >= 0.3 is 17.9 Å². The van der Waals surface area contributed by atoms with Crippen LogP contribution in [-0.2, 0) is 28.6 Å². The van der Waals surface area contributed by atoms with Crippen LogP contribution < -0.4 is 0 Å². The highest BCUT2D eigenvalue weighted by Crippen LogP contribution is 2.17. The average molecular weight is 284 g/mol. The van der Waals surface area contributed by atoms with Crippen LogP contribution in [0.1, 0.15) is 27.2 Å². The van der Waals surface area contributed by atoms with Crippen LogP contribution in [0.4, 0.5) is 0 Å². The number of hydrogen-bond donors (Lipinski definition) is 0. The molecule has 0 saturated heterocycles. The van der Waals surface area contributed by atoms with E-state index in [4.69, 9.17) is 14.2 Å². The molecule has 0 unspecified atom stereocenters. The van der Waals surface area contributed by atoms with Crippen molar-refractivity contribution in [2.75, 3.05) is 0 Å². The predicted molar refractivity (Wildman–Crippen MR) is 71.7 cm³/mol. The molecule has 112 valence electrons. The van der Waals surface area contributed by atoms with Crippen molar-refractivity contribution in [2.45, 2.75) is 45.5 Å². The van der Waals surface area contributed by atoms with Crippen molar-refractivity contribution in [3.05, 3.63) is 25.3 Å². The van der Waals surface area contributed by atoms with Gasteiger partial charge in [0.25, 0.3) is 0 Å². The fourth-order valence-electron chi connectivity index (χ4n) is 1.61. The Balaban J connectivity index is 5.26. The van der Waals surface area contributed by atoms with Crippen LogP contribution in [0.2, 0.25) is 0 Å². The molecule has 0 aliphatic rings. The minimum absolute atomic E-state index is 0.239. The standard InChI is InChI=1S/C14H20O6/c1-6-8-13(19-10(4)16)14(20-11(5)17)12(7-2)18-9(3)15/h6-7,12-14H,1-2,8H2,3-5H3/t12-,13-,14+/m1/s1. The first-order chi connectivity index (χ1) is 9.31. The van der Waals surface area contributed by atoms with Gasteiger partial charge in [0, 0.05) is 27.2 Å². The molecule has 3 atom stereocenters. The van der Waals surface area contributed by atoms with E-state index in [9.17, 15) is 14.4 Å². The zero-order valence-electron chi connectivity index (χ0n) is 12.0. The smallest absolute Gasteiger partial charge is 0.303 e. The van der Waals surface area contributed by atoms with Crippen molar-refractivity contribution >= 4 is 17.9 Å². The molecule has 0 aliphatic carbocycles. The van der Waals surface area contributed by atoms with Crippen molar-refractivity contribution in [2.24, 2.45) is 0 Å². The van der Waals surface area contributed by atoms with Crippen molar-refractivity contribution in [1.82, 2.24) is 0 Å². The SMILES string of the molecule is C=CC[C@@H](OC(C)=O)[C@@H](OC(C)=O)[C@@H](C=C)OC(C)=O. The van der Waals surface area contributed by atoms with Crippen LogP contribution in [0.5, 0.6) is 0 Å². The molecule has 0 heterocycles. The largest absolute Gasteiger partial charge is 0.458 e. The van der Waals surface area contributed by atoms with E-state index in [2.05, 4.69) is 13.2 Å². The molecule has 0 N–H and O–H groups in total. The maximum Gasteiger partial charge on any atom is 0.303 e. The topological polar surface area (TPSA) is 78.9 Å². The van der Waals surface area contributed by atoms with Gasteiger partial charge in [0.1, 0.15) is 6.10 Å². The van der Waals surface area contributed by atoms with Gasteiger partial charge in [0.15, 0.2) is 12.2 Å². The molecule has 0 amide bonds. The molecular weight excluding hydrogens is 264 g/mol. The van der Waals surface area contributed by atoms with E-state index in [1.807, 2.05) is 0 Å². The molecule has 0 aromatic heterocycles. The van der Waals surface area contributed by atoms with Crippen molar-refractivity contribution in [3.8, 4) is 0 Å². The summed E-state index contributed by atoms with van der Waals surface area (Å²) in [7, 11) is 0. The third kappa shape index (κ3) is 6.72. The Bertz CT molecular complexity index is 387. The molecule has 6 heteroatoms. The van der Waals surface area contributed by atoms with E-state index in [1.165, 1.54) is 32.9 Å². The summed E-state index contributed by atoms with van der Waals surface area (Å²) in [5, 5.41) is 0. The van der Waals surface area contributed by atoms with Gasteiger partial charge < -0.3 is 14.2 Å². The van der Waals surface area contributed by atoms with Crippen LogP contribution in [0.25, 0.3) is 0 Å². The van der Waals surface area contributed by atoms with Gasteiger partial charge in [-0.05, 0) is 6.08 Å². The summed E-state index contributed by atoms with van der Waals surface area (Å²) in [6.07, 6.45) is 0.364. The molecule has 0 aromatic rings. The molecule has 0 fully saturated rings. The van der Waals surface area contributed by atoms with E-state index >= 15 is 0 Å². The summed E-state index contributed by atoms with van der Waals surface area (Å²) in [6.45, 7) is 10.7. The second-order valence-corrected chi connectivity index (χ2v) is 4.06. The van der Waals surface area contributed by atoms with E-state index in [-0.39, 0.29) is 6.42 Å². The Hall–Kier alpha value is -2.11. The third-order valence-electron chi connectivity index (χ3n) is 2.24. The molecule has 0 aromatic carbocycles. The predicted octanol–water partition coefficient (Wildman–Crippen LogP) is 1.54. The first-order valence-corrected chi connectivity index (χ1v) is 6.06. The van der Waals surface area contributed by atoms with Crippen LogP contribution in [0.3, 0.4) is 0 Å². The van der Waals surface area contributed by atoms with Gasteiger partial charge in [-0.2, -0.15) is 0 Å². The second kappa shape index (κ2) is 8.90. The number of hydrogen-bond acceptors (Lipinski definition) is 6. The third-order valence-corrected chi connectivity index (χ3v) is 2.24. The van der Waals surface area contributed by atoms with Crippen LogP contribution >= 0.6 is 0 Å². The minimum atomic E-state index is -0.976. The van der Waals surface area contributed by atoms with Crippen LogP contribution in [0.15, 0.2) is 25.3 Å². The number of carbonyl (C=O) groups is 3. The summed E-state index contributed by atoms with van der Waals surface area (Å²) in [6, 6.07) is 0. The van der Waals surface area contributed by atoms with Crippen molar-refractivity contribution in [1.29, 1.82) is 0 Å². The maximum absolute atomic E-state index is 11.2. The van der Waals surface area contributed by atoms with E-state index < -0.39 is 36.2 Å². The van der Waals surface area contributed by atoms with Crippen LogP contribution in [-0.4, -0.2) is 36.2 Å². The Kier molecular flexibility index (Phi) is 7.96. The lowest BCUT2D eigenvalue weighted by atomic mass is 10.0. The molecule has 0 saturated carbocycles. The zero-order chi connectivity index (χ0) is 15.7. The lowest BCUT2D eigenvalue weighted by Crippen LogP contribution is -2.44. The molecule has 20 heavy (non-hydrogen) atoms. The molecule has 0 rings (SSSR count). The molecule has 0 spiro atoms. The first-order valence-electron chi connectivity index (χ1n) is 6.06. The minimum Gasteiger partial charge on any atom is -0.458 e. The van der Waals surface area contributed by atoms with Crippen molar-refractivity contribution in [3.63, 3.8) is 0 Å². The lowest BCUT2D eigenvalue weighted by molar-refractivity contribution is -0.178. The summed E-state index contributed by atoms with van der Waals surface area (Å²) in [4.78, 5) is 33.4. The summed E-state index contributed by atoms with van der Waals surface area (Å²) in [5.41, 5.74) is 0. The second-order valence-electron chi connectivity index (χ2n) is 4.06. The number of carbonyl (C=O) groups excluding carboxylic acids is 3. The number of ether oxygens (including phenoxy) is 3. The molecule has 0 radical (unpaired) electrons. The highest BCUT2D eigenvalue weighted by atomic mass is 16.6. The molecular formula is C14H20O6. The highest BCUT2D eigenvalue weighted by Gasteiger charge is 2.34. The Morgan fingerprint density at radius 3 is 1.80 bits per heavy atom. The lowest BCUT2D eigenvalue weighted by Gasteiger charge is -2.29. The quantitative estimate of drug-likeness (QED) is 0.382. The van der Waals surface area contributed by atoms with Gasteiger partial charge in [-0.3, -0.25) is 14.4 Å². The summed E-state index contributed by atoms with van der Waals surface area (Å²) < 4.78 is 15.2. The highest BCUT2D eigenvalue weighted by molar-refractivity contribution is 5.68. The van der Waals surface area contributed by atoms with Gasteiger partial charge in [0.2, 0.25) is 0 Å². The Labute approximate surface area is 118 Å². The van der Waals surface area contributed by atoms with Crippen molar-refractivity contribution < 1.29 is 28.6 Å². The zero-order valence-corrected chi connectivity index (χ0v) is 12.0. The van der Waals surface area contributed by atoms with Gasteiger partial charge in [0.05, 0.1) is 0 Å². The van der Waals surface area contributed by atoms with Gasteiger partial charge in [-0.15, -0.1) is 6.58 Å². The molecule has 6 nitrogen and oxygen atoms in total. The Morgan fingerprint density at radius 1 is 0.950 bits per heavy atom. The van der Waals surface area contributed by atoms with E-state index in [0.717, 1.165) is 0 Å². The summed E-state index contributed by atoms with van der Waals surface area (Å²) in [5.74, 6) is -1.69. The monoisotopic (exact) mass is 284 g/mol. The Morgan fingerprint density at radius 2 is 1.45 bits per heavy atom. The number of rotatable bonds is 8. The number of esters is 3. The van der Waals surface area contributed by atoms with Gasteiger partial charge in [-0.25, -0.2) is 0 Å². The summed E-state index contributed by atoms with van der Waals surface area (Å²) >= 11 is 0.